The SMILES string of the molecule is NCC(c1ccc(Br)c(Cl)c1)N1CCN(CC2CC2)CC1. The van der Waals surface area contributed by atoms with Gasteiger partial charge < -0.3 is 10.6 Å². The third kappa shape index (κ3) is 3.99. The number of nitrogens with two attached hydrogens (primary N) is 1. The van der Waals surface area contributed by atoms with Crippen LogP contribution in [0.25, 0.3) is 0 Å². The Bertz CT molecular complexity index is 484. The maximum absolute atomic E-state index is 6.23. The Balaban J connectivity index is 1.62. The molecule has 0 aromatic heterocycles. The van der Waals surface area contributed by atoms with E-state index in [1.165, 1.54) is 24.9 Å². The molecule has 1 aromatic rings. The lowest BCUT2D eigenvalue weighted by Crippen LogP contribution is -2.49. The minimum Gasteiger partial charge on any atom is -0.329 e. The van der Waals surface area contributed by atoms with Gasteiger partial charge in [0.05, 0.1) is 5.02 Å². The van der Waals surface area contributed by atoms with Gasteiger partial charge in [0.2, 0.25) is 0 Å². The van der Waals surface area contributed by atoms with E-state index in [0.29, 0.717) is 6.54 Å². The molecule has 1 heterocycles. The minimum absolute atomic E-state index is 0.277. The van der Waals surface area contributed by atoms with Crippen LogP contribution in [-0.4, -0.2) is 49.1 Å². The van der Waals surface area contributed by atoms with Crippen molar-refractivity contribution in [2.75, 3.05) is 39.3 Å². The predicted octanol–water partition coefficient (Wildman–Crippen LogP) is 3.13. The standard InChI is InChI=1S/C16H23BrClN3/c17-14-4-3-13(9-15(14)18)16(10-19)21-7-5-20(6-8-21)11-12-1-2-12/h3-4,9,12,16H,1-2,5-8,10-11,19H2. The lowest BCUT2D eigenvalue weighted by molar-refractivity contribution is 0.0956. The van der Waals surface area contributed by atoms with E-state index in [0.717, 1.165) is 41.6 Å². The van der Waals surface area contributed by atoms with Crippen molar-refractivity contribution in [2.45, 2.75) is 18.9 Å². The van der Waals surface area contributed by atoms with Crippen LogP contribution in [0.4, 0.5) is 0 Å². The third-order valence-corrected chi connectivity index (χ3v) is 5.85. The van der Waals surface area contributed by atoms with Gasteiger partial charge in [0, 0.05) is 49.8 Å². The summed E-state index contributed by atoms with van der Waals surface area (Å²) < 4.78 is 0.943. The summed E-state index contributed by atoms with van der Waals surface area (Å²) in [6.07, 6.45) is 2.87. The molecule has 1 aromatic carbocycles. The molecule has 2 aliphatic rings. The van der Waals surface area contributed by atoms with Crippen LogP contribution in [0, 0.1) is 5.92 Å². The summed E-state index contributed by atoms with van der Waals surface area (Å²) in [5.74, 6) is 0.979. The van der Waals surface area contributed by atoms with E-state index >= 15 is 0 Å². The van der Waals surface area contributed by atoms with Gasteiger partial charge in [-0.2, -0.15) is 0 Å². The van der Waals surface area contributed by atoms with Crippen molar-refractivity contribution >= 4 is 27.5 Å². The first-order valence-electron chi connectivity index (χ1n) is 7.79. The molecule has 3 rings (SSSR count). The van der Waals surface area contributed by atoms with Crippen LogP contribution in [-0.2, 0) is 0 Å². The van der Waals surface area contributed by atoms with Crippen molar-refractivity contribution in [3.63, 3.8) is 0 Å². The van der Waals surface area contributed by atoms with Gasteiger partial charge in [-0.25, -0.2) is 0 Å². The molecular weight excluding hydrogens is 350 g/mol. The molecule has 5 heteroatoms. The maximum Gasteiger partial charge on any atom is 0.0551 e. The van der Waals surface area contributed by atoms with E-state index in [1.54, 1.807) is 0 Å². The molecule has 0 bridgehead atoms. The summed E-state index contributed by atoms with van der Waals surface area (Å²) >= 11 is 9.68. The van der Waals surface area contributed by atoms with E-state index in [4.69, 9.17) is 17.3 Å². The van der Waals surface area contributed by atoms with Crippen LogP contribution in [0.3, 0.4) is 0 Å². The Morgan fingerprint density at radius 2 is 1.95 bits per heavy atom. The maximum atomic E-state index is 6.23. The highest BCUT2D eigenvalue weighted by molar-refractivity contribution is 9.10. The number of rotatable bonds is 5. The van der Waals surface area contributed by atoms with Crippen LogP contribution in [0.5, 0.6) is 0 Å². The smallest absolute Gasteiger partial charge is 0.0551 e. The van der Waals surface area contributed by atoms with E-state index in [1.807, 2.05) is 12.1 Å². The second-order valence-corrected chi connectivity index (χ2v) is 7.47. The largest absolute Gasteiger partial charge is 0.329 e. The number of halogens is 2. The number of benzene rings is 1. The van der Waals surface area contributed by atoms with E-state index in [2.05, 4.69) is 31.8 Å². The van der Waals surface area contributed by atoms with Crippen LogP contribution in [0.2, 0.25) is 5.02 Å². The molecule has 1 atom stereocenters. The fraction of sp³-hybridized carbons (Fsp3) is 0.625. The van der Waals surface area contributed by atoms with Crippen molar-refractivity contribution in [1.29, 1.82) is 0 Å². The third-order valence-electron chi connectivity index (χ3n) is 4.61. The highest BCUT2D eigenvalue weighted by Crippen LogP contribution is 2.31. The molecule has 2 fully saturated rings. The minimum atomic E-state index is 0.277. The van der Waals surface area contributed by atoms with Gasteiger partial charge in [-0.05, 0) is 52.4 Å². The van der Waals surface area contributed by atoms with E-state index < -0.39 is 0 Å². The second-order valence-electron chi connectivity index (χ2n) is 6.20. The molecule has 0 spiro atoms. The van der Waals surface area contributed by atoms with E-state index in [9.17, 15) is 0 Å². The summed E-state index contributed by atoms with van der Waals surface area (Å²) in [5, 5.41) is 0.762. The van der Waals surface area contributed by atoms with Gasteiger partial charge in [-0.15, -0.1) is 0 Å². The first kappa shape index (κ1) is 15.8. The Morgan fingerprint density at radius 3 is 2.52 bits per heavy atom. The Hall–Kier alpha value is -0.130. The van der Waals surface area contributed by atoms with Gasteiger partial charge in [-0.3, -0.25) is 4.90 Å². The number of piperazine rings is 1. The topological polar surface area (TPSA) is 32.5 Å². The normalized spacial score (nSPS) is 22.4. The molecule has 0 radical (unpaired) electrons. The zero-order valence-electron chi connectivity index (χ0n) is 12.3. The molecule has 0 amide bonds. The summed E-state index contributed by atoms with van der Waals surface area (Å²) in [7, 11) is 0. The van der Waals surface area contributed by atoms with Crippen molar-refractivity contribution in [3.05, 3.63) is 33.3 Å². The van der Waals surface area contributed by atoms with Gasteiger partial charge in [0.15, 0.2) is 0 Å². The molecule has 116 valence electrons. The zero-order chi connectivity index (χ0) is 14.8. The molecule has 21 heavy (non-hydrogen) atoms. The average Bonchev–Trinajstić information content (AvgIpc) is 3.29. The summed E-state index contributed by atoms with van der Waals surface area (Å²) in [6, 6.07) is 6.46. The zero-order valence-corrected chi connectivity index (χ0v) is 14.6. The summed E-state index contributed by atoms with van der Waals surface area (Å²) in [5.41, 5.74) is 7.26. The lowest BCUT2D eigenvalue weighted by Gasteiger charge is -2.39. The Kier molecular flexibility index (Phi) is 5.23. The van der Waals surface area contributed by atoms with Crippen LogP contribution >= 0.6 is 27.5 Å². The monoisotopic (exact) mass is 371 g/mol. The van der Waals surface area contributed by atoms with Gasteiger partial charge >= 0.3 is 0 Å². The first-order valence-corrected chi connectivity index (χ1v) is 8.96. The number of hydrogen-bond donors (Lipinski definition) is 1. The highest BCUT2D eigenvalue weighted by Gasteiger charge is 2.28. The molecule has 1 unspecified atom stereocenters. The second kappa shape index (κ2) is 6.97. The van der Waals surface area contributed by atoms with Crippen molar-refractivity contribution < 1.29 is 0 Å². The Morgan fingerprint density at radius 1 is 1.24 bits per heavy atom. The summed E-state index contributed by atoms with van der Waals surface area (Å²) in [6.45, 7) is 6.46. The van der Waals surface area contributed by atoms with Gasteiger partial charge in [-0.1, -0.05) is 17.7 Å². The number of hydrogen-bond acceptors (Lipinski definition) is 3. The molecule has 1 saturated carbocycles. The first-order chi connectivity index (χ1) is 10.2. The highest BCUT2D eigenvalue weighted by atomic mass is 79.9. The quantitative estimate of drug-likeness (QED) is 0.862. The lowest BCUT2D eigenvalue weighted by atomic mass is 10.0. The predicted molar refractivity (Wildman–Crippen MR) is 91.7 cm³/mol. The molecule has 1 aliphatic heterocycles. The molecular formula is C16H23BrClN3. The fourth-order valence-electron chi connectivity index (χ4n) is 3.14. The number of nitrogens with zero attached hydrogens (tertiary/aromatic N) is 2. The van der Waals surface area contributed by atoms with Crippen molar-refractivity contribution in [1.82, 2.24) is 9.80 Å². The molecule has 1 aliphatic carbocycles. The molecule has 1 saturated heterocycles. The fourth-order valence-corrected chi connectivity index (χ4v) is 3.57. The van der Waals surface area contributed by atoms with Crippen molar-refractivity contribution in [3.8, 4) is 0 Å². The van der Waals surface area contributed by atoms with Gasteiger partial charge in [0.25, 0.3) is 0 Å². The van der Waals surface area contributed by atoms with Crippen LogP contribution in [0.15, 0.2) is 22.7 Å². The Labute approximate surface area is 140 Å². The molecule has 3 nitrogen and oxygen atoms in total. The summed E-state index contributed by atoms with van der Waals surface area (Å²) in [4.78, 5) is 5.11. The molecule has 2 N–H and O–H groups in total. The van der Waals surface area contributed by atoms with E-state index in [-0.39, 0.29) is 6.04 Å². The van der Waals surface area contributed by atoms with Crippen molar-refractivity contribution in [2.24, 2.45) is 11.7 Å². The van der Waals surface area contributed by atoms with Crippen LogP contribution < -0.4 is 5.73 Å². The van der Waals surface area contributed by atoms with Gasteiger partial charge in [0.1, 0.15) is 0 Å². The van der Waals surface area contributed by atoms with Crippen LogP contribution in [0.1, 0.15) is 24.4 Å². The average molecular weight is 373 g/mol.